The number of carbonyl (C=O) groups excluding carboxylic acids is 5. The number of Topliss-reactive ketones (excluding diaryl/α,β-unsaturated/α-hetero) is 1. The van der Waals surface area contributed by atoms with E-state index in [1.54, 1.807) is 12.1 Å². The van der Waals surface area contributed by atoms with Crippen molar-refractivity contribution in [3.8, 4) is 0 Å². The summed E-state index contributed by atoms with van der Waals surface area (Å²) < 4.78 is 4.70. The van der Waals surface area contributed by atoms with Gasteiger partial charge in [0.2, 0.25) is 5.91 Å². The molecule has 2 unspecified atom stereocenters. The van der Waals surface area contributed by atoms with Crippen molar-refractivity contribution in [2.24, 2.45) is 5.92 Å². The van der Waals surface area contributed by atoms with E-state index in [0.717, 1.165) is 5.69 Å². The Bertz CT molecular complexity index is 1290. The molecule has 0 radical (unpaired) electrons. The highest BCUT2D eigenvalue weighted by Gasteiger charge is 2.52. The smallest absolute Gasteiger partial charge is 0.337 e. The van der Waals surface area contributed by atoms with E-state index < -0.39 is 24.1 Å². The predicted octanol–water partition coefficient (Wildman–Crippen LogP) is 2.38. The molecule has 0 spiro atoms. The lowest BCUT2D eigenvalue weighted by atomic mass is 10.0. The van der Waals surface area contributed by atoms with E-state index in [9.17, 15) is 24.0 Å². The van der Waals surface area contributed by atoms with Gasteiger partial charge in [-0.05, 0) is 67.3 Å². The van der Waals surface area contributed by atoms with Crippen LogP contribution in [0.2, 0.25) is 0 Å². The van der Waals surface area contributed by atoms with Gasteiger partial charge in [0.15, 0.2) is 5.78 Å². The molecule has 3 amide bonds. The zero-order valence-corrected chi connectivity index (χ0v) is 23.5. The zero-order chi connectivity index (χ0) is 29.1. The van der Waals surface area contributed by atoms with E-state index in [4.69, 9.17) is 4.74 Å². The van der Waals surface area contributed by atoms with Crippen LogP contribution < -0.4 is 10.2 Å². The third kappa shape index (κ3) is 5.85. The molecule has 2 saturated heterocycles. The van der Waals surface area contributed by atoms with Crippen LogP contribution >= 0.6 is 0 Å². The summed E-state index contributed by atoms with van der Waals surface area (Å²) in [5.41, 5.74) is 2.06. The number of esters is 1. The van der Waals surface area contributed by atoms with Crippen molar-refractivity contribution in [2.75, 3.05) is 39.2 Å². The molecule has 2 aromatic rings. The number of benzene rings is 2. The van der Waals surface area contributed by atoms with Crippen LogP contribution in [0.4, 0.5) is 5.69 Å². The Hall–Kier alpha value is -4.21. The Morgan fingerprint density at radius 2 is 1.55 bits per heavy atom. The summed E-state index contributed by atoms with van der Waals surface area (Å²) in [6.45, 7) is 4.15. The van der Waals surface area contributed by atoms with Gasteiger partial charge in [0.05, 0.1) is 25.3 Å². The number of fused-ring (bicyclic) bond motifs is 1. The topological polar surface area (TPSA) is 116 Å². The number of ketones is 1. The van der Waals surface area contributed by atoms with E-state index in [1.165, 1.54) is 41.2 Å². The number of amides is 3. The van der Waals surface area contributed by atoms with E-state index >= 15 is 0 Å². The van der Waals surface area contributed by atoms with Crippen LogP contribution in [0.5, 0.6) is 0 Å². The van der Waals surface area contributed by atoms with Gasteiger partial charge in [-0.25, -0.2) is 4.79 Å². The highest BCUT2D eigenvalue weighted by molar-refractivity contribution is 6.04. The Kier molecular flexibility index (Phi) is 8.56. The minimum atomic E-state index is -0.803. The molecule has 1 N–H and O–H groups in total. The molecule has 2 fully saturated rings. The second-order valence-corrected chi connectivity index (χ2v) is 10.9. The monoisotopic (exact) mass is 548 g/mol. The second kappa shape index (κ2) is 11.9. The van der Waals surface area contributed by atoms with Crippen molar-refractivity contribution in [1.82, 2.24) is 15.1 Å². The van der Waals surface area contributed by atoms with Crippen molar-refractivity contribution in [3.63, 3.8) is 0 Å². The van der Waals surface area contributed by atoms with Gasteiger partial charge in [-0.3, -0.25) is 19.2 Å². The molecule has 2 aromatic carbocycles. The van der Waals surface area contributed by atoms with Gasteiger partial charge in [0.1, 0.15) is 12.1 Å². The van der Waals surface area contributed by atoms with E-state index in [-0.39, 0.29) is 36.0 Å². The van der Waals surface area contributed by atoms with Gasteiger partial charge in [-0.2, -0.15) is 0 Å². The van der Waals surface area contributed by atoms with Gasteiger partial charge < -0.3 is 24.8 Å². The fourth-order valence-corrected chi connectivity index (χ4v) is 5.42. The summed E-state index contributed by atoms with van der Waals surface area (Å²) in [5, 5.41) is 2.89. The summed E-state index contributed by atoms with van der Waals surface area (Å²) in [4.78, 5) is 70.0. The fourth-order valence-electron chi connectivity index (χ4n) is 5.42. The lowest BCUT2D eigenvalue weighted by Crippen LogP contribution is -2.53. The van der Waals surface area contributed by atoms with Gasteiger partial charge in [0, 0.05) is 37.5 Å². The van der Waals surface area contributed by atoms with Gasteiger partial charge >= 0.3 is 5.97 Å². The maximum Gasteiger partial charge on any atom is 0.337 e. The number of likely N-dealkylation sites (tertiary alicyclic amines) is 2. The number of nitrogens with one attached hydrogen (secondary N) is 1. The number of nitrogens with zero attached hydrogens (tertiary/aromatic N) is 3. The lowest BCUT2D eigenvalue weighted by Gasteiger charge is -2.29. The number of ether oxygens (including phenoxy) is 1. The van der Waals surface area contributed by atoms with Crippen LogP contribution in [0, 0.1) is 5.92 Å². The average Bonchev–Trinajstić information content (AvgIpc) is 3.52. The molecule has 0 bridgehead atoms. The molecule has 3 atom stereocenters. The Morgan fingerprint density at radius 1 is 0.950 bits per heavy atom. The average molecular weight is 549 g/mol. The fraction of sp³-hybridized carbons (Fsp3) is 0.433. The first-order valence-corrected chi connectivity index (χ1v) is 13.4. The molecule has 0 saturated carbocycles. The maximum atomic E-state index is 13.8. The number of carbonyl (C=O) groups is 5. The number of anilines is 1. The van der Waals surface area contributed by atoms with Crippen molar-refractivity contribution < 1.29 is 28.7 Å². The van der Waals surface area contributed by atoms with Crippen LogP contribution in [0.1, 0.15) is 57.8 Å². The molecule has 4 rings (SSSR count). The Balaban J connectivity index is 1.48. The summed E-state index contributed by atoms with van der Waals surface area (Å²) >= 11 is 0. The highest BCUT2D eigenvalue weighted by atomic mass is 16.5. The predicted molar refractivity (Wildman–Crippen MR) is 149 cm³/mol. The third-order valence-corrected chi connectivity index (χ3v) is 7.48. The molecule has 10 heteroatoms. The summed E-state index contributed by atoms with van der Waals surface area (Å²) in [6, 6.07) is 11.2. The lowest BCUT2D eigenvalue weighted by molar-refractivity contribution is -0.138. The van der Waals surface area contributed by atoms with Gasteiger partial charge in [-0.1, -0.05) is 13.8 Å². The summed E-state index contributed by atoms with van der Waals surface area (Å²) in [5.74, 6) is -1.60. The largest absolute Gasteiger partial charge is 0.465 e. The molecule has 2 aliphatic heterocycles. The van der Waals surface area contributed by atoms with Crippen LogP contribution in [0.25, 0.3) is 0 Å². The Morgan fingerprint density at radius 3 is 2.12 bits per heavy atom. The molecule has 10 nitrogen and oxygen atoms in total. The first-order chi connectivity index (χ1) is 19.0. The van der Waals surface area contributed by atoms with Crippen molar-refractivity contribution >= 4 is 35.2 Å². The quantitative estimate of drug-likeness (QED) is 0.504. The third-order valence-electron chi connectivity index (χ3n) is 7.48. The molecule has 0 aliphatic carbocycles. The van der Waals surface area contributed by atoms with Crippen LogP contribution in [0.3, 0.4) is 0 Å². The van der Waals surface area contributed by atoms with Crippen LogP contribution in [0.15, 0.2) is 48.5 Å². The molecular weight excluding hydrogens is 512 g/mol. The normalized spacial score (nSPS) is 18.9. The maximum absolute atomic E-state index is 13.8. The SMILES string of the molecule is COC(=O)c1ccc(C(=O)N2CC(=O)C3C2CCN3C(=O)[C@H](CC(C)C)NC(=O)c2ccc(N(C)C)cc2)cc1. The minimum absolute atomic E-state index is 0.101. The first-order valence-electron chi connectivity index (χ1n) is 13.4. The number of methoxy groups -OCH3 is 1. The van der Waals surface area contributed by atoms with E-state index in [2.05, 4.69) is 5.32 Å². The molecular formula is C30H36N4O6. The standard InChI is InChI=1S/C30H36N4O6/c1-18(2)16-23(31-27(36)19-10-12-22(13-11-19)32(3)4)29(38)33-15-14-24-26(33)25(35)17-34(24)28(37)20-6-8-21(9-7-20)30(39)40-5/h6-13,18,23-24,26H,14-17H2,1-5H3,(H,31,36)/t23-,24?,26?/m0/s1. The van der Waals surface area contributed by atoms with E-state index in [0.29, 0.717) is 36.1 Å². The second-order valence-electron chi connectivity index (χ2n) is 10.9. The molecule has 40 heavy (non-hydrogen) atoms. The van der Waals surface area contributed by atoms with Crippen LogP contribution in [-0.2, 0) is 14.3 Å². The molecule has 2 heterocycles. The van der Waals surface area contributed by atoms with Crippen molar-refractivity contribution in [1.29, 1.82) is 0 Å². The van der Waals surface area contributed by atoms with E-state index in [1.807, 2.05) is 45.0 Å². The minimum Gasteiger partial charge on any atom is -0.465 e. The Labute approximate surface area is 234 Å². The van der Waals surface area contributed by atoms with Crippen molar-refractivity contribution in [2.45, 2.75) is 44.8 Å². The van der Waals surface area contributed by atoms with Crippen LogP contribution in [-0.4, -0.2) is 91.7 Å². The number of hydrogen-bond donors (Lipinski definition) is 1. The number of hydrogen-bond acceptors (Lipinski definition) is 7. The summed E-state index contributed by atoms with van der Waals surface area (Å²) in [6.07, 6.45) is 0.875. The molecule has 212 valence electrons. The van der Waals surface area contributed by atoms with Gasteiger partial charge in [-0.15, -0.1) is 0 Å². The molecule has 2 aliphatic rings. The number of rotatable bonds is 8. The highest BCUT2D eigenvalue weighted by Crippen LogP contribution is 2.32. The summed E-state index contributed by atoms with van der Waals surface area (Å²) in [7, 11) is 5.11. The first kappa shape index (κ1) is 28.8. The van der Waals surface area contributed by atoms with Gasteiger partial charge in [0.25, 0.3) is 11.8 Å². The zero-order valence-electron chi connectivity index (χ0n) is 23.5. The molecule has 0 aromatic heterocycles. The van der Waals surface area contributed by atoms with Crippen molar-refractivity contribution in [3.05, 3.63) is 65.2 Å².